The molecule has 7 nitrogen and oxygen atoms in total. The number of carbonyl (C=O) groups excluding carboxylic acids is 4. The first-order valence-electron chi connectivity index (χ1n) is 15.6. The van der Waals surface area contributed by atoms with Crippen molar-refractivity contribution in [3.05, 3.63) is 89.5 Å². The minimum atomic E-state index is -1.00. The predicted octanol–water partition coefficient (Wildman–Crippen LogP) is 6.60. The maximum Gasteiger partial charge on any atom is 0.244 e. The lowest BCUT2D eigenvalue weighted by atomic mass is 9.91. The molecule has 3 amide bonds. The third-order valence-corrected chi connectivity index (χ3v) is 8.46. The zero-order valence-corrected chi connectivity index (χ0v) is 25.0. The van der Waals surface area contributed by atoms with Gasteiger partial charge in [-0.3, -0.25) is 14.4 Å². The van der Waals surface area contributed by atoms with Crippen molar-refractivity contribution >= 4 is 40.6 Å². The van der Waals surface area contributed by atoms with Crippen molar-refractivity contribution in [1.29, 1.82) is 0 Å². The molecule has 3 aromatic rings. The van der Waals surface area contributed by atoms with Gasteiger partial charge < -0.3 is 19.9 Å². The zero-order chi connectivity index (χ0) is 30.2. The maximum atomic E-state index is 14.3. The number of nitrogens with zero attached hydrogens (tertiary/aromatic N) is 2. The van der Waals surface area contributed by atoms with Crippen molar-refractivity contribution in [2.24, 2.45) is 0 Å². The summed E-state index contributed by atoms with van der Waals surface area (Å²) in [5, 5.41) is 2.94. The highest BCUT2D eigenvalue weighted by Crippen LogP contribution is 2.34. The fourth-order valence-electron chi connectivity index (χ4n) is 6.22. The molecule has 43 heavy (non-hydrogen) atoms. The van der Waals surface area contributed by atoms with E-state index in [2.05, 4.69) is 17.4 Å². The minimum absolute atomic E-state index is 0.0714. The number of Topliss-reactive ketones (excluding diaryl/α,β-unsaturated/α-hetero) is 1. The Kier molecular flexibility index (Phi) is 10.0. The molecule has 2 aliphatic rings. The second kappa shape index (κ2) is 14.3. The van der Waals surface area contributed by atoms with Gasteiger partial charge in [-0.15, -0.1) is 0 Å². The molecular formula is C36H41N3O4. The molecule has 0 saturated heterocycles. The van der Waals surface area contributed by atoms with Crippen LogP contribution in [0.3, 0.4) is 0 Å². The van der Waals surface area contributed by atoms with E-state index in [-0.39, 0.29) is 23.5 Å². The third-order valence-electron chi connectivity index (χ3n) is 8.46. The van der Waals surface area contributed by atoms with E-state index in [0.717, 1.165) is 73.9 Å². The summed E-state index contributed by atoms with van der Waals surface area (Å²) >= 11 is 0. The van der Waals surface area contributed by atoms with Crippen molar-refractivity contribution in [3.8, 4) is 0 Å². The fraction of sp³-hybridized carbons (Fsp3) is 0.389. The molecule has 7 heteroatoms. The van der Waals surface area contributed by atoms with Crippen LogP contribution < -0.4 is 15.1 Å². The number of fused-ring (bicyclic) bond motifs is 2. The Morgan fingerprint density at radius 2 is 1.19 bits per heavy atom. The summed E-state index contributed by atoms with van der Waals surface area (Å²) in [6, 6.07) is 23.0. The molecule has 0 saturated carbocycles. The standard InChI is InChI=1S/C36H41N3O4/c1-26(40)12-4-2-3-5-19-33(41)37-30-22-20-29(21-23-30)34(35(42)38-24-10-15-27-13-6-8-17-31(27)38)36(43)39-25-11-16-28-14-7-9-18-32(28)39/h6-9,13-14,17-18,20-23,34H,2-5,10-12,15-16,19,24-25H2,1H3,(H,37,41). The van der Waals surface area contributed by atoms with Gasteiger partial charge in [0.2, 0.25) is 17.7 Å². The van der Waals surface area contributed by atoms with Gasteiger partial charge in [0.05, 0.1) is 0 Å². The number of benzene rings is 3. The number of hydrogen-bond acceptors (Lipinski definition) is 4. The lowest BCUT2D eigenvalue weighted by Crippen LogP contribution is -2.47. The van der Waals surface area contributed by atoms with Gasteiger partial charge in [-0.2, -0.15) is 0 Å². The van der Waals surface area contributed by atoms with Gasteiger partial charge in [-0.25, -0.2) is 0 Å². The van der Waals surface area contributed by atoms with Crippen molar-refractivity contribution in [3.63, 3.8) is 0 Å². The molecule has 1 N–H and O–H groups in total. The van der Waals surface area contributed by atoms with E-state index >= 15 is 0 Å². The second-order valence-electron chi connectivity index (χ2n) is 11.7. The van der Waals surface area contributed by atoms with E-state index in [0.29, 0.717) is 37.2 Å². The Morgan fingerprint density at radius 1 is 0.674 bits per heavy atom. The average Bonchev–Trinajstić information content (AvgIpc) is 3.02. The second-order valence-corrected chi connectivity index (χ2v) is 11.7. The van der Waals surface area contributed by atoms with Crippen LogP contribution in [-0.4, -0.2) is 36.6 Å². The molecule has 5 rings (SSSR count). The van der Waals surface area contributed by atoms with Crippen LogP contribution >= 0.6 is 0 Å². The SMILES string of the molecule is CC(=O)CCCCCCC(=O)Nc1ccc(C(C(=O)N2CCCc3ccccc32)C(=O)N2CCCc3ccccc32)cc1. The van der Waals surface area contributed by atoms with Crippen molar-refractivity contribution < 1.29 is 19.2 Å². The lowest BCUT2D eigenvalue weighted by Gasteiger charge is -2.36. The Labute approximate surface area is 254 Å². The number of carbonyl (C=O) groups is 4. The minimum Gasteiger partial charge on any atom is -0.326 e. The summed E-state index contributed by atoms with van der Waals surface area (Å²) < 4.78 is 0. The Morgan fingerprint density at radius 3 is 1.72 bits per heavy atom. The number of para-hydroxylation sites is 2. The smallest absolute Gasteiger partial charge is 0.244 e. The van der Waals surface area contributed by atoms with Crippen LogP contribution in [0.25, 0.3) is 0 Å². The number of hydrogen-bond donors (Lipinski definition) is 1. The normalized spacial score (nSPS) is 14.2. The zero-order valence-electron chi connectivity index (χ0n) is 25.0. The van der Waals surface area contributed by atoms with Gasteiger partial charge in [-0.05, 0) is 86.4 Å². The van der Waals surface area contributed by atoms with Crippen LogP contribution in [0.4, 0.5) is 17.1 Å². The number of rotatable bonds is 11. The molecule has 0 radical (unpaired) electrons. The Balaban J connectivity index is 1.34. The molecule has 224 valence electrons. The highest BCUT2D eigenvalue weighted by atomic mass is 16.2. The first-order chi connectivity index (χ1) is 20.9. The van der Waals surface area contributed by atoms with Gasteiger partial charge in [-0.1, -0.05) is 61.4 Å². The van der Waals surface area contributed by atoms with Crippen molar-refractivity contribution in [2.75, 3.05) is 28.2 Å². The van der Waals surface area contributed by atoms with E-state index in [1.165, 1.54) is 0 Å². The van der Waals surface area contributed by atoms with Crippen LogP contribution in [0, 0.1) is 0 Å². The molecule has 0 fully saturated rings. The first kappa shape index (κ1) is 30.2. The van der Waals surface area contributed by atoms with E-state index in [9.17, 15) is 19.2 Å². The highest BCUT2D eigenvalue weighted by Gasteiger charge is 2.38. The summed E-state index contributed by atoms with van der Waals surface area (Å²) in [4.78, 5) is 55.9. The topological polar surface area (TPSA) is 86.8 Å². The summed E-state index contributed by atoms with van der Waals surface area (Å²) in [6.45, 7) is 2.74. The van der Waals surface area contributed by atoms with Crippen LogP contribution in [0.2, 0.25) is 0 Å². The molecule has 3 aromatic carbocycles. The van der Waals surface area contributed by atoms with Crippen molar-refractivity contribution in [2.45, 2.75) is 77.0 Å². The van der Waals surface area contributed by atoms with E-state index in [1.54, 1.807) is 41.0 Å². The maximum absolute atomic E-state index is 14.3. The summed E-state index contributed by atoms with van der Waals surface area (Å²) in [6.07, 6.45) is 7.98. The van der Waals surface area contributed by atoms with Crippen LogP contribution in [0.15, 0.2) is 72.8 Å². The van der Waals surface area contributed by atoms with Gasteiger partial charge in [0.15, 0.2) is 0 Å². The van der Waals surface area contributed by atoms with Crippen LogP contribution in [0.5, 0.6) is 0 Å². The van der Waals surface area contributed by atoms with Gasteiger partial charge in [0.1, 0.15) is 11.7 Å². The Bertz CT molecular complexity index is 1400. The molecule has 0 atom stereocenters. The molecule has 2 heterocycles. The summed E-state index contributed by atoms with van der Waals surface area (Å²) in [5.74, 6) is -1.31. The quantitative estimate of drug-likeness (QED) is 0.205. The molecule has 2 aliphatic heterocycles. The largest absolute Gasteiger partial charge is 0.326 e. The molecule has 0 spiro atoms. The molecule has 0 bridgehead atoms. The molecule has 0 aromatic heterocycles. The number of ketones is 1. The molecule has 0 aliphatic carbocycles. The van der Waals surface area contributed by atoms with Crippen LogP contribution in [0.1, 0.15) is 80.9 Å². The van der Waals surface area contributed by atoms with Crippen molar-refractivity contribution in [1.82, 2.24) is 0 Å². The van der Waals surface area contributed by atoms with Gasteiger partial charge in [0.25, 0.3) is 0 Å². The first-order valence-corrected chi connectivity index (χ1v) is 15.6. The van der Waals surface area contributed by atoms with Gasteiger partial charge >= 0.3 is 0 Å². The fourth-order valence-corrected chi connectivity index (χ4v) is 6.22. The van der Waals surface area contributed by atoms with Gasteiger partial charge in [0, 0.05) is 43.0 Å². The number of nitrogens with one attached hydrogen (secondary N) is 1. The highest BCUT2D eigenvalue weighted by molar-refractivity contribution is 6.17. The van der Waals surface area contributed by atoms with E-state index in [4.69, 9.17) is 0 Å². The number of anilines is 3. The Hall–Kier alpha value is -4.26. The summed E-state index contributed by atoms with van der Waals surface area (Å²) in [5.41, 5.74) is 5.24. The number of aryl methyl sites for hydroxylation is 2. The lowest BCUT2D eigenvalue weighted by molar-refractivity contribution is -0.129. The predicted molar refractivity (Wildman–Crippen MR) is 170 cm³/mol. The van der Waals surface area contributed by atoms with Crippen LogP contribution in [-0.2, 0) is 32.0 Å². The molecular weight excluding hydrogens is 538 g/mol. The van der Waals surface area contributed by atoms with E-state index < -0.39 is 5.92 Å². The average molecular weight is 580 g/mol. The number of unbranched alkanes of at least 4 members (excludes halogenated alkanes) is 3. The molecule has 0 unspecified atom stereocenters. The third kappa shape index (κ3) is 7.39. The number of amides is 3. The monoisotopic (exact) mass is 579 g/mol. The summed E-state index contributed by atoms with van der Waals surface area (Å²) in [7, 11) is 0. The van der Waals surface area contributed by atoms with E-state index in [1.807, 2.05) is 36.4 Å².